The average Bonchev–Trinajstić information content (AvgIpc) is 3.47. The summed E-state index contributed by atoms with van der Waals surface area (Å²) < 4.78 is 14.5. The number of aromatic nitrogens is 3. The van der Waals surface area contributed by atoms with Crippen LogP contribution in [-0.2, 0) is 20.3 Å². The molecule has 2 aromatic heterocycles. The standard InChI is InChI=1S/C39H44N6O4/c1-28-24-43(22-23-45(28)39(46)47)25-29-18-20-44(21-19-29)34-15-9-14-32-36(41-42(2)37(32)34)33-16-17-35(48-26-30-10-5-3-6-11-30)40-38(33)49-27-31-12-7-4-8-13-31/h3-17,28-29H,18-27H2,1-2H3,(H,46,47)/t28-/m1/s1. The number of aryl methyl sites for hydroxylation is 1. The number of nitrogens with zero attached hydrogens (tertiary/aromatic N) is 6. The van der Waals surface area contributed by atoms with E-state index in [1.807, 2.05) is 91.4 Å². The summed E-state index contributed by atoms with van der Waals surface area (Å²) in [4.78, 5) is 22.8. The molecule has 2 fully saturated rings. The van der Waals surface area contributed by atoms with Gasteiger partial charge in [0.05, 0.1) is 16.8 Å². The van der Waals surface area contributed by atoms with Crippen molar-refractivity contribution in [3.63, 3.8) is 0 Å². The molecule has 0 saturated carbocycles. The molecule has 10 heteroatoms. The van der Waals surface area contributed by atoms with Gasteiger partial charge in [0.2, 0.25) is 11.8 Å². The molecule has 0 spiro atoms. The topological polar surface area (TPSA) is 96.2 Å². The number of piperazine rings is 1. The quantitative estimate of drug-likeness (QED) is 0.177. The van der Waals surface area contributed by atoms with Gasteiger partial charge in [-0.05, 0) is 48.9 Å². The molecule has 4 heterocycles. The molecule has 0 unspecified atom stereocenters. The summed E-state index contributed by atoms with van der Waals surface area (Å²) in [7, 11) is 2.01. The van der Waals surface area contributed by atoms with Crippen molar-refractivity contribution in [2.75, 3.05) is 44.2 Å². The number of anilines is 1. The van der Waals surface area contributed by atoms with Crippen LogP contribution in [0.1, 0.15) is 30.9 Å². The molecule has 1 amide bonds. The number of ether oxygens (including phenoxy) is 2. The number of pyridine rings is 1. The van der Waals surface area contributed by atoms with Crippen LogP contribution in [0.2, 0.25) is 0 Å². The Kier molecular flexibility index (Phi) is 9.65. The summed E-state index contributed by atoms with van der Waals surface area (Å²) in [6, 6.07) is 30.5. The van der Waals surface area contributed by atoms with Crippen LogP contribution in [0, 0.1) is 5.92 Å². The highest BCUT2D eigenvalue weighted by Crippen LogP contribution is 2.39. The van der Waals surface area contributed by atoms with Crippen LogP contribution in [-0.4, -0.2) is 81.1 Å². The zero-order valence-electron chi connectivity index (χ0n) is 28.2. The largest absolute Gasteiger partial charge is 0.473 e. The van der Waals surface area contributed by atoms with Crippen LogP contribution in [0.4, 0.5) is 10.5 Å². The van der Waals surface area contributed by atoms with Crippen LogP contribution in [0.3, 0.4) is 0 Å². The maximum absolute atomic E-state index is 11.5. The van der Waals surface area contributed by atoms with Gasteiger partial charge in [0.25, 0.3) is 0 Å². The van der Waals surface area contributed by atoms with E-state index in [0.717, 1.165) is 78.9 Å². The van der Waals surface area contributed by atoms with E-state index in [9.17, 15) is 9.90 Å². The Morgan fingerprint density at radius 2 is 1.53 bits per heavy atom. The van der Waals surface area contributed by atoms with Gasteiger partial charge in [-0.2, -0.15) is 10.1 Å². The van der Waals surface area contributed by atoms with Crippen LogP contribution in [0.15, 0.2) is 91.0 Å². The minimum atomic E-state index is -0.815. The third kappa shape index (κ3) is 7.34. The highest BCUT2D eigenvalue weighted by molar-refractivity contribution is 6.01. The number of rotatable bonds is 10. The molecule has 1 atom stereocenters. The second-order valence-corrected chi connectivity index (χ2v) is 13.2. The molecular weight excluding hydrogens is 616 g/mol. The van der Waals surface area contributed by atoms with E-state index >= 15 is 0 Å². The van der Waals surface area contributed by atoms with Gasteiger partial charge in [-0.3, -0.25) is 9.58 Å². The molecule has 0 bridgehead atoms. The summed E-state index contributed by atoms with van der Waals surface area (Å²) in [5.41, 5.74) is 6.05. The normalized spacial score (nSPS) is 17.4. The fraction of sp³-hybridized carbons (Fsp3) is 0.359. The van der Waals surface area contributed by atoms with E-state index in [2.05, 4.69) is 28.0 Å². The molecule has 49 heavy (non-hydrogen) atoms. The Morgan fingerprint density at radius 1 is 0.837 bits per heavy atom. The maximum Gasteiger partial charge on any atom is 0.407 e. The minimum absolute atomic E-state index is 0.0282. The van der Waals surface area contributed by atoms with Gasteiger partial charge in [0.15, 0.2) is 0 Å². The molecule has 2 saturated heterocycles. The first-order valence-corrected chi connectivity index (χ1v) is 17.2. The van der Waals surface area contributed by atoms with Gasteiger partial charge in [-0.25, -0.2) is 4.79 Å². The smallest absolute Gasteiger partial charge is 0.407 e. The Bertz CT molecular complexity index is 1870. The first kappa shape index (κ1) is 32.5. The number of fused-ring (bicyclic) bond motifs is 1. The fourth-order valence-corrected chi connectivity index (χ4v) is 7.23. The van der Waals surface area contributed by atoms with Gasteiger partial charge in [-0.1, -0.05) is 72.8 Å². The zero-order chi connectivity index (χ0) is 33.7. The second kappa shape index (κ2) is 14.6. The van der Waals surface area contributed by atoms with Crippen molar-refractivity contribution in [3.05, 3.63) is 102 Å². The highest BCUT2D eigenvalue weighted by Gasteiger charge is 2.30. The van der Waals surface area contributed by atoms with E-state index in [1.54, 1.807) is 4.90 Å². The number of piperidine rings is 1. The van der Waals surface area contributed by atoms with E-state index in [-0.39, 0.29) is 6.04 Å². The Morgan fingerprint density at radius 3 is 2.20 bits per heavy atom. The average molecular weight is 661 g/mol. The lowest BCUT2D eigenvalue weighted by Gasteiger charge is -2.41. The molecule has 7 rings (SSSR count). The number of carbonyl (C=O) groups is 1. The van der Waals surface area contributed by atoms with Gasteiger partial charge < -0.3 is 24.4 Å². The van der Waals surface area contributed by atoms with Crippen LogP contribution in [0.5, 0.6) is 11.8 Å². The molecule has 2 aliphatic rings. The Balaban J connectivity index is 1.10. The summed E-state index contributed by atoms with van der Waals surface area (Å²) in [5, 5.41) is 15.5. The number of hydrogen-bond acceptors (Lipinski definition) is 7. The van der Waals surface area contributed by atoms with Crippen molar-refractivity contribution in [1.82, 2.24) is 24.6 Å². The van der Waals surface area contributed by atoms with Crippen molar-refractivity contribution in [3.8, 4) is 23.0 Å². The third-order valence-corrected chi connectivity index (χ3v) is 9.81. The maximum atomic E-state index is 11.5. The molecular formula is C39H44N6O4. The van der Waals surface area contributed by atoms with Gasteiger partial charge in [0.1, 0.15) is 18.9 Å². The van der Waals surface area contributed by atoms with Crippen molar-refractivity contribution in [2.24, 2.45) is 13.0 Å². The highest BCUT2D eigenvalue weighted by atomic mass is 16.5. The lowest BCUT2D eigenvalue weighted by Crippen LogP contribution is -2.54. The van der Waals surface area contributed by atoms with Gasteiger partial charge in [0, 0.05) is 63.8 Å². The minimum Gasteiger partial charge on any atom is -0.473 e. The Hall–Kier alpha value is -5.09. The summed E-state index contributed by atoms with van der Waals surface area (Å²) in [6.45, 7) is 7.95. The van der Waals surface area contributed by atoms with Crippen molar-refractivity contribution in [1.29, 1.82) is 0 Å². The third-order valence-electron chi connectivity index (χ3n) is 9.81. The van der Waals surface area contributed by atoms with Crippen LogP contribution in [0.25, 0.3) is 22.2 Å². The molecule has 0 radical (unpaired) electrons. The zero-order valence-corrected chi connectivity index (χ0v) is 28.2. The number of amides is 1. The predicted molar refractivity (Wildman–Crippen MR) is 191 cm³/mol. The summed E-state index contributed by atoms with van der Waals surface area (Å²) in [5.74, 6) is 1.58. The lowest BCUT2D eigenvalue weighted by atomic mass is 9.95. The van der Waals surface area contributed by atoms with E-state index in [0.29, 0.717) is 37.4 Å². The molecule has 0 aliphatic carbocycles. The van der Waals surface area contributed by atoms with Crippen LogP contribution >= 0.6 is 0 Å². The molecule has 10 nitrogen and oxygen atoms in total. The van der Waals surface area contributed by atoms with Crippen LogP contribution < -0.4 is 14.4 Å². The molecule has 5 aromatic rings. The number of hydrogen-bond donors (Lipinski definition) is 1. The van der Waals surface area contributed by atoms with E-state index in [4.69, 9.17) is 19.6 Å². The van der Waals surface area contributed by atoms with Crippen molar-refractivity contribution < 1.29 is 19.4 Å². The first-order valence-electron chi connectivity index (χ1n) is 17.2. The molecule has 2 aliphatic heterocycles. The predicted octanol–water partition coefficient (Wildman–Crippen LogP) is 6.69. The van der Waals surface area contributed by atoms with Gasteiger partial charge in [-0.15, -0.1) is 0 Å². The van der Waals surface area contributed by atoms with Gasteiger partial charge >= 0.3 is 6.09 Å². The van der Waals surface area contributed by atoms with E-state index < -0.39 is 6.09 Å². The van der Waals surface area contributed by atoms with Crippen molar-refractivity contribution in [2.45, 2.75) is 39.0 Å². The fourth-order valence-electron chi connectivity index (χ4n) is 7.23. The number of carboxylic acid groups (broad SMARTS) is 1. The van der Waals surface area contributed by atoms with E-state index in [1.165, 1.54) is 5.69 Å². The number of para-hydroxylation sites is 1. The SMILES string of the molecule is C[C@@H]1CN(CC2CCN(c3cccc4c(-c5ccc(OCc6ccccc6)nc5OCc5ccccc5)nn(C)c34)CC2)CCN1C(=O)O. The monoisotopic (exact) mass is 660 g/mol. The molecule has 254 valence electrons. The number of benzene rings is 3. The summed E-state index contributed by atoms with van der Waals surface area (Å²) >= 11 is 0. The first-order chi connectivity index (χ1) is 23.9. The van der Waals surface area contributed by atoms with Crippen molar-refractivity contribution >= 4 is 22.7 Å². The molecule has 3 aromatic carbocycles. The Labute approximate surface area is 287 Å². The second-order valence-electron chi connectivity index (χ2n) is 13.2. The summed E-state index contributed by atoms with van der Waals surface area (Å²) in [6.07, 6.45) is 1.38. The lowest BCUT2D eigenvalue weighted by molar-refractivity contribution is 0.0651. The molecule has 1 N–H and O–H groups in total.